The van der Waals surface area contributed by atoms with Crippen LogP contribution >= 0.6 is 0 Å². The van der Waals surface area contributed by atoms with Gasteiger partial charge in [-0.05, 0) is 34.6 Å². The third-order valence-corrected chi connectivity index (χ3v) is 3.62. The molecule has 2 aliphatic heterocycles. The highest BCUT2D eigenvalue weighted by atomic mass is 16.6. The van der Waals surface area contributed by atoms with Gasteiger partial charge in [-0.15, -0.1) is 0 Å². The van der Waals surface area contributed by atoms with Crippen molar-refractivity contribution in [2.24, 2.45) is 5.73 Å². The molecule has 0 atom stereocenters. The van der Waals surface area contributed by atoms with Gasteiger partial charge in [-0.1, -0.05) is 0 Å². The summed E-state index contributed by atoms with van der Waals surface area (Å²) >= 11 is 0. The van der Waals surface area contributed by atoms with E-state index >= 15 is 0 Å². The van der Waals surface area contributed by atoms with Crippen molar-refractivity contribution in [3.05, 3.63) is 0 Å². The zero-order valence-corrected chi connectivity index (χ0v) is 10.7. The Kier molecular flexibility index (Phi) is 2.07. The fourth-order valence-corrected chi connectivity index (χ4v) is 2.61. The molecule has 3 aliphatic rings. The molecule has 2 saturated heterocycles. The number of carbonyl (C=O) groups is 1. The van der Waals surface area contributed by atoms with Crippen LogP contribution in [0.3, 0.4) is 0 Å². The van der Waals surface area contributed by atoms with Gasteiger partial charge in [0, 0.05) is 12.8 Å². The second-order valence-corrected chi connectivity index (χ2v) is 6.62. The van der Waals surface area contributed by atoms with Gasteiger partial charge in [0.25, 0.3) is 0 Å². The number of carbonyl (C=O) groups excluding carboxylic acids is 1. The Morgan fingerprint density at radius 1 is 1.31 bits per heavy atom. The summed E-state index contributed by atoms with van der Waals surface area (Å²) < 4.78 is 11.2. The van der Waals surface area contributed by atoms with Crippen LogP contribution < -0.4 is 5.73 Å². The zero-order valence-electron chi connectivity index (χ0n) is 10.7. The smallest absolute Gasteiger partial charge is 0.339 e. The maximum Gasteiger partial charge on any atom is 0.339 e. The zero-order chi connectivity index (χ0) is 12.4. The summed E-state index contributed by atoms with van der Waals surface area (Å²) in [6.07, 6.45) is 1.14. The molecule has 3 rings (SSSR count). The van der Waals surface area contributed by atoms with Crippen LogP contribution in [0, 0.1) is 0 Å². The average molecular weight is 227 g/mol. The third kappa shape index (κ3) is 1.47. The first-order valence-electron chi connectivity index (χ1n) is 5.72. The highest BCUT2D eigenvalue weighted by Gasteiger charge is 2.74. The molecule has 4 heteroatoms. The molecule has 92 valence electrons. The largest absolute Gasteiger partial charge is 0.458 e. The van der Waals surface area contributed by atoms with Crippen molar-refractivity contribution in [3.63, 3.8) is 0 Å². The van der Waals surface area contributed by atoms with E-state index in [2.05, 4.69) is 0 Å². The molecular formula is C12H21NO3. The molecule has 0 radical (unpaired) electrons. The minimum absolute atomic E-state index is 0.272. The quantitative estimate of drug-likeness (QED) is 0.687. The van der Waals surface area contributed by atoms with Gasteiger partial charge in [-0.2, -0.15) is 0 Å². The normalized spacial score (nSPS) is 40.4. The summed E-state index contributed by atoms with van der Waals surface area (Å²) in [7, 11) is 0. The van der Waals surface area contributed by atoms with Gasteiger partial charge < -0.3 is 15.2 Å². The molecule has 0 amide bonds. The molecule has 0 spiro atoms. The summed E-state index contributed by atoms with van der Waals surface area (Å²) in [5, 5.41) is 0. The van der Waals surface area contributed by atoms with Crippen molar-refractivity contribution in [2.75, 3.05) is 0 Å². The van der Waals surface area contributed by atoms with E-state index in [0.29, 0.717) is 12.8 Å². The van der Waals surface area contributed by atoms with Crippen LogP contribution in [0.25, 0.3) is 0 Å². The first-order chi connectivity index (χ1) is 7.00. The van der Waals surface area contributed by atoms with E-state index < -0.39 is 16.8 Å². The van der Waals surface area contributed by atoms with Crippen LogP contribution in [0.1, 0.15) is 47.5 Å². The van der Waals surface area contributed by atoms with Gasteiger partial charge in [0.15, 0.2) is 5.60 Å². The molecule has 2 N–H and O–H groups in total. The number of fused-ring (bicyclic) bond motifs is 1. The van der Waals surface area contributed by atoms with E-state index in [1.165, 1.54) is 0 Å². The fourth-order valence-electron chi connectivity index (χ4n) is 2.61. The van der Waals surface area contributed by atoms with Crippen molar-refractivity contribution < 1.29 is 14.3 Å². The Balaban J connectivity index is 2.13. The van der Waals surface area contributed by atoms with Gasteiger partial charge in [0.05, 0.1) is 11.1 Å². The van der Waals surface area contributed by atoms with E-state index in [9.17, 15) is 4.79 Å². The monoisotopic (exact) mass is 227 g/mol. The Bertz CT molecular complexity index is 332. The van der Waals surface area contributed by atoms with Crippen LogP contribution in [-0.2, 0) is 14.3 Å². The third-order valence-electron chi connectivity index (χ3n) is 3.62. The molecule has 16 heavy (non-hydrogen) atoms. The molecule has 3 fully saturated rings. The first kappa shape index (κ1) is 11.9. The number of rotatable bonds is 1. The second-order valence-electron chi connectivity index (χ2n) is 6.62. The topological polar surface area (TPSA) is 61.5 Å². The predicted octanol–water partition coefficient (Wildman–Crippen LogP) is 1.37. The van der Waals surface area contributed by atoms with E-state index in [4.69, 9.17) is 15.2 Å². The lowest BCUT2D eigenvalue weighted by Gasteiger charge is -2.43. The van der Waals surface area contributed by atoms with Crippen LogP contribution in [0.4, 0.5) is 0 Å². The van der Waals surface area contributed by atoms with Crippen LogP contribution in [0.5, 0.6) is 0 Å². The van der Waals surface area contributed by atoms with Gasteiger partial charge in [0.1, 0.15) is 5.60 Å². The van der Waals surface area contributed by atoms with E-state index in [0.717, 1.165) is 0 Å². The van der Waals surface area contributed by atoms with E-state index in [1.807, 2.05) is 34.6 Å². The lowest BCUT2D eigenvalue weighted by atomic mass is 9.63. The first-order valence-corrected chi connectivity index (χ1v) is 5.72. The lowest BCUT2D eigenvalue weighted by Crippen LogP contribution is -2.63. The highest BCUT2D eigenvalue weighted by Crippen LogP contribution is 2.59. The summed E-state index contributed by atoms with van der Waals surface area (Å²) in [6, 6.07) is 0. The average Bonchev–Trinajstić information content (AvgIpc) is 2.26. The maximum atomic E-state index is 12.0. The van der Waals surface area contributed by atoms with E-state index in [-0.39, 0.29) is 11.5 Å². The minimum Gasteiger partial charge on any atom is -0.458 e. The van der Waals surface area contributed by atoms with Crippen LogP contribution in [0.2, 0.25) is 0 Å². The Hall–Kier alpha value is -0.610. The molecule has 0 aromatic heterocycles. The molecule has 0 aromatic rings. The summed E-state index contributed by atoms with van der Waals surface area (Å²) in [4.78, 5) is 12.0. The standard InChI is InChI=1S/C12H21NO3/c1-9(2,3)15-8(14)11-6-12(13,7-11)10(4,5)16-11/h6-7,13H2,1-5H3. The number of nitrogens with two attached hydrogens (primary N) is 1. The maximum absolute atomic E-state index is 12.0. The van der Waals surface area contributed by atoms with Crippen molar-refractivity contribution >= 4 is 5.97 Å². The number of hydrogen-bond donors (Lipinski definition) is 1. The molecule has 1 aliphatic carbocycles. The molecule has 2 heterocycles. The number of ether oxygens (including phenoxy) is 2. The van der Waals surface area contributed by atoms with Crippen molar-refractivity contribution in [1.29, 1.82) is 0 Å². The highest BCUT2D eigenvalue weighted by molar-refractivity contribution is 5.83. The van der Waals surface area contributed by atoms with E-state index in [1.54, 1.807) is 0 Å². The second kappa shape index (κ2) is 2.79. The van der Waals surface area contributed by atoms with Crippen LogP contribution in [0.15, 0.2) is 0 Å². The van der Waals surface area contributed by atoms with Gasteiger partial charge in [-0.3, -0.25) is 0 Å². The minimum atomic E-state index is -0.786. The van der Waals surface area contributed by atoms with Gasteiger partial charge in [-0.25, -0.2) is 4.79 Å². The summed E-state index contributed by atoms with van der Waals surface area (Å²) in [5.41, 5.74) is 4.10. The van der Waals surface area contributed by atoms with Crippen molar-refractivity contribution in [2.45, 2.75) is 69.8 Å². The van der Waals surface area contributed by atoms with Gasteiger partial charge in [0.2, 0.25) is 0 Å². The molecule has 0 aromatic carbocycles. The SMILES string of the molecule is CC(C)(C)OC(=O)C12CC(N)(C1)C(C)(C)O2. The van der Waals surface area contributed by atoms with Gasteiger partial charge >= 0.3 is 5.97 Å². The summed E-state index contributed by atoms with van der Waals surface area (Å²) in [5.74, 6) is -0.272. The predicted molar refractivity (Wildman–Crippen MR) is 59.9 cm³/mol. The Labute approximate surface area is 96.5 Å². The molecule has 1 saturated carbocycles. The lowest BCUT2D eigenvalue weighted by molar-refractivity contribution is -0.185. The molecular weight excluding hydrogens is 206 g/mol. The molecule has 0 unspecified atom stereocenters. The Morgan fingerprint density at radius 2 is 1.81 bits per heavy atom. The van der Waals surface area contributed by atoms with Crippen LogP contribution in [-0.4, -0.2) is 28.3 Å². The fraction of sp³-hybridized carbons (Fsp3) is 0.917. The summed E-state index contributed by atoms with van der Waals surface area (Å²) in [6.45, 7) is 9.44. The molecule has 4 nitrogen and oxygen atoms in total. The molecule has 2 bridgehead atoms. The Morgan fingerprint density at radius 3 is 2.12 bits per heavy atom. The number of hydrogen-bond acceptors (Lipinski definition) is 4. The number of esters is 1. The van der Waals surface area contributed by atoms with Crippen molar-refractivity contribution in [1.82, 2.24) is 0 Å². The van der Waals surface area contributed by atoms with Crippen molar-refractivity contribution in [3.8, 4) is 0 Å².